The van der Waals surface area contributed by atoms with Crippen molar-refractivity contribution < 1.29 is 22.7 Å². The summed E-state index contributed by atoms with van der Waals surface area (Å²) in [6, 6.07) is 8.37. The summed E-state index contributed by atoms with van der Waals surface area (Å²) < 4.78 is 42.6. The largest absolute Gasteiger partial charge is 0.457 e. The van der Waals surface area contributed by atoms with Crippen molar-refractivity contribution in [2.75, 3.05) is 0 Å². The highest BCUT2D eigenvalue weighted by Crippen LogP contribution is 2.32. The summed E-state index contributed by atoms with van der Waals surface area (Å²) in [5.74, 6) is 0.432. The maximum Gasteiger partial charge on any atom is 0.416 e. The van der Waals surface area contributed by atoms with Gasteiger partial charge >= 0.3 is 6.18 Å². The van der Waals surface area contributed by atoms with Crippen molar-refractivity contribution in [1.29, 1.82) is 0 Å². The molecule has 0 radical (unpaired) electrons. The molecule has 0 N–H and O–H groups in total. The van der Waals surface area contributed by atoms with Crippen LogP contribution < -0.4 is 4.74 Å². The summed E-state index contributed by atoms with van der Waals surface area (Å²) in [5, 5.41) is -0.590. The van der Waals surface area contributed by atoms with Gasteiger partial charge in [0.05, 0.1) is 16.1 Å². The molecule has 0 unspecified atom stereocenters. The van der Waals surface area contributed by atoms with E-state index in [1.165, 1.54) is 30.3 Å². The highest BCUT2D eigenvalue weighted by Gasteiger charge is 2.30. The van der Waals surface area contributed by atoms with Crippen LogP contribution in [0.4, 0.5) is 13.2 Å². The third-order valence-corrected chi connectivity index (χ3v) is 3.10. The second-order valence-electron chi connectivity index (χ2n) is 4.04. The Morgan fingerprint density at radius 3 is 2.10 bits per heavy atom. The minimum absolute atomic E-state index is 0.0581. The minimum atomic E-state index is -4.41. The first-order chi connectivity index (χ1) is 9.77. The standard InChI is InChI=1S/C14H7Cl2F3O2/c15-12-6-5-10(7-11(12)13(16)20)21-9-3-1-8(2-4-9)14(17,18)19/h1-7H. The fraction of sp³-hybridized carbons (Fsp3) is 0.0714. The molecule has 21 heavy (non-hydrogen) atoms. The van der Waals surface area contributed by atoms with Crippen LogP contribution in [-0.2, 0) is 6.18 Å². The van der Waals surface area contributed by atoms with Crippen molar-refractivity contribution >= 4 is 28.4 Å². The molecule has 0 spiro atoms. The molecule has 0 aliphatic carbocycles. The molecule has 0 heterocycles. The molecule has 0 amide bonds. The lowest BCUT2D eigenvalue weighted by Crippen LogP contribution is -2.04. The molecule has 2 aromatic rings. The Morgan fingerprint density at radius 1 is 1.00 bits per heavy atom. The molecule has 0 aliphatic rings. The van der Waals surface area contributed by atoms with Crippen molar-refractivity contribution in [3.63, 3.8) is 0 Å². The quantitative estimate of drug-likeness (QED) is 0.690. The average Bonchev–Trinajstić information content (AvgIpc) is 2.40. The van der Waals surface area contributed by atoms with E-state index >= 15 is 0 Å². The number of halogens is 5. The Labute approximate surface area is 128 Å². The van der Waals surface area contributed by atoms with Crippen LogP contribution in [0.1, 0.15) is 15.9 Å². The first-order valence-electron chi connectivity index (χ1n) is 5.62. The zero-order chi connectivity index (χ0) is 15.6. The molecule has 0 saturated heterocycles. The van der Waals surface area contributed by atoms with Gasteiger partial charge in [0.1, 0.15) is 11.5 Å². The normalized spacial score (nSPS) is 11.3. The number of rotatable bonds is 3. The predicted molar refractivity (Wildman–Crippen MR) is 73.2 cm³/mol. The van der Waals surface area contributed by atoms with E-state index < -0.39 is 17.0 Å². The molecule has 2 aromatic carbocycles. The van der Waals surface area contributed by atoms with Gasteiger partial charge in [-0.1, -0.05) is 11.6 Å². The third kappa shape index (κ3) is 3.89. The topological polar surface area (TPSA) is 26.3 Å². The molecular formula is C14H7Cl2F3O2. The second kappa shape index (κ2) is 5.95. The summed E-state index contributed by atoms with van der Waals surface area (Å²) in [5.41, 5.74) is -0.717. The smallest absolute Gasteiger partial charge is 0.416 e. The van der Waals surface area contributed by atoms with Crippen molar-refractivity contribution in [2.24, 2.45) is 0 Å². The number of carbonyl (C=O) groups excluding carboxylic acids is 1. The van der Waals surface area contributed by atoms with Crippen LogP contribution in [0.15, 0.2) is 42.5 Å². The van der Waals surface area contributed by atoms with E-state index in [2.05, 4.69) is 0 Å². The van der Waals surface area contributed by atoms with Gasteiger partial charge in [-0.2, -0.15) is 13.2 Å². The summed E-state index contributed by atoms with van der Waals surface area (Å²) in [6.45, 7) is 0. The van der Waals surface area contributed by atoms with Crippen molar-refractivity contribution in [1.82, 2.24) is 0 Å². The lowest BCUT2D eigenvalue weighted by atomic mass is 10.2. The first kappa shape index (κ1) is 15.7. The van der Waals surface area contributed by atoms with Crippen molar-refractivity contribution in [3.8, 4) is 11.5 Å². The van der Waals surface area contributed by atoms with E-state index in [1.54, 1.807) is 0 Å². The Balaban J connectivity index is 2.22. The Bertz CT molecular complexity index is 667. The molecule has 0 aliphatic heterocycles. The maximum absolute atomic E-state index is 12.4. The molecule has 0 saturated carbocycles. The molecule has 110 valence electrons. The van der Waals surface area contributed by atoms with Crippen LogP contribution in [0.3, 0.4) is 0 Å². The zero-order valence-electron chi connectivity index (χ0n) is 10.2. The molecule has 2 nitrogen and oxygen atoms in total. The van der Waals surface area contributed by atoms with E-state index in [9.17, 15) is 18.0 Å². The molecule has 2 rings (SSSR count). The van der Waals surface area contributed by atoms with Gasteiger partial charge in [0.25, 0.3) is 5.24 Å². The van der Waals surface area contributed by atoms with Gasteiger partial charge in [-0.05, 0) is 54.1 Å². The van der Waals surface area contributed by atoms with Crippen LogP contribution in [0.25, 0.3) is 0 Å². The van der Waals surface area contributed by atoms with E-state index in [0.717, 1.165) is 12.1 Å². The first-order valence-corrected chi connectivity index (χ1v) is 6.37. The predicted octanol–water partition coefficient (Wildman–Crippen LogP) is 5.53. The van der Waals surface area contributed by atoms with Crippen LogP contribution in [0, 0.1) is 0 Å². The van der Waals surface area contributed by atoms with Crippen LogP contribution in [-0.4, -0.2) is 5.24 Å². The van der Waals surface area contributed by atoms with Gasteiger partial charge < -0.3 is 4.74 Å². The molecule has 0 aromatic heterocycles. The zero-order valence-corrected chi connectivity index (χ0v) is 11.8. The lowest BCUT2D eigenvalue weighted by Gasteiger charge is -2.09. The number of ether oxygens (including phenoxy) is 1. The van der Waals surface area contributed by atoms with Gasteiger partial charge in [-0.25, -0.2) is 0 Å². The molecule has 0 atom stereocenters. The number of carbonyl (C=O) groups is 1. The van der Waals surface area contributed by atoms with Gasteiger partial charge in [0, 0.05) is 0 Å². The van der Waals surface area contributed by atoms with Crippen LogP contribution >= 0.6 is 23.2 Å². The van der Waals surface area contributed by atoms with Crippen molar-refractivity contribution in [3.05, 3.63) is 58.6 Å². The fourth-order valence-corrected chi connectivity index (χ4v) is 1.97. The Hall–Kier alpha value is -1.72. The van der Waals surface area contributed by atoms with Gasteiger partial charge in [-0.15, -0.1) is 0 Å². The number of benzene rings is 2. The highest BCUT2D eigenvalue weighted by molar-refractivity contribution is 6.68. The Kier molecular flexibility index (Phi) is 4.44. The number of hydrogen-bond donors (Lipinski definition) is 0. The molecule has 0 fully saturated rings. The van der Waals surface area contributed by atoms with E-state index in [0.29, 0.717) is 0 Å². The van der Waals surface area contributed by atoms with Crippen LogP contribution in [0.2, 0.25) is 5.02 Å². The molecule has 7 heteroatoms. The van der Waals surface area contributed by atoms with E-state index in [-0.39, 0.29) is 22.1 Å². The lowest BCUT2D eigenvalue weighted by molar-refractivity contribution is -0.137. The van der Waals surface area contributed by atoms with Gasteiger partial charge in [0.2, 0.25) is 0 Å². The number of alkyl halides is 3. The van der Waals surface area contributed by atoms with Gasteiger partial charge in [-0.3, -0.25) is 4.79 Å². The van der Waals surface area contributed by atoms with Crippen molar-refractivity contribution in [2.45, 2.75) is 6.18 Å². The fourth-order valence-electron chi connectivity index (χ4n) is 1.57. The highest BCUT2D eigenvalue weighted by atomic mass is 35.5. The number of hydrogen-bond acceptors (Lipinski definition) is 2. The molecule has 0 bridgehead atoms. The minimum Gasteiger partial charge on any atom is -0.457 e. The monoisotopic (exact) mass is 334 g/mol. The SMILES string of the molecule is O=C(Cl)c1cc(Oc2ccc(C(F)(F)F)cc2)ccc1Cl. The maximum atomic E-state index is 12.4. The summed E-state index contributed by atoms with van der Waals surface area (Å²) in [7, 11) is 0. The van der Waals surface area contributed by atoms with Crippen LogP contribution in [0.5, 0.6) is 11.5 Å². The summed E-state index contributed by atoms with van der Waals surface area (Å²) >= 11 is 11.1. The van der Waals surface area contributed by atoms with Gasteiger partial charge in [0.15, 0.2) is 0 Å². The summed E-state index contributed by atoms with van der Waals surface area (Å²) in [4.78, 5) is 11.1. The Morgan fingerprint density at radius 2 is 1.57 bits per heavy atom. The third-order valence-electron chi connectivity index (χ3n) is 2.57. The second-order valence-corrected chi connectivity index (χ2v) is 4.79. The van der Waals surface area contributed by atoms with E-state index in [1.807, 2.05) is 0 Å². The average molecular weight is 335 g/mol. The summed E-state index contributed by atoms with van der Waals surface area (Å²) in [6.07, 6.45) is -4.41. The van der Waals surface area contributed by atoms with E-state index in [4.69, 9.17) is 27.9 Å². The molecular weight excluding hydrogens is 328 g/mol.